The summed E-state index contributed by atoms with van der Waals surface area (Å²) in [5, 5.41) is 3.54. The van der Waals surface area contributed by atoms with E-state index < -0.39 is 8.07 Å². The molecule has 0 saturated heterocycles. The zero-order valence-corrected chi connectivity index (χ0v) is 16.2. The minimum atomic E-state index is -1.52. The molecule has 0 unspecified atom stereocenters. The molecule has 0 aliphatic heterocycles. The van der Waals surface area contributed by atoms with Crippen molar-refractivity contribution >= 4 is 30.2 Å². The fourth-order valence-electron chi connectivity index (χ4n) is 2.69. The van der Waals surface area contributed by atoms with Crippen LogP contribution in [0.2, 0.25) is 19.6 Å². The SMILES string of the molecule is C[Si](C)(C)C(=C=C(c1ccccc1)c1ccccc1)c1cccs1. The Balaban J connectivity index is 2.33. The predicted molar refractivity (Wildman–Crippen MR) is 110 cm³/mol. The molecular formula is C22H22SSi. The molecular weight excluding hydrogens is 324 g/mol. The molecule has 0 aliphatic carbocycles. The van der Waals surface area contributed by atoms with Gasteiger partial charge in [0, 0.05) is 10.5 Å². The van der Waals surface area contributed by atoms with Crippen LogP contribution in [0.25, 0.3) is 10.8 Å². The van der Waals surface area contributed by atoms with E-state index in [1.54, 1.807) is 0 Å². The van der Waals surface area contributed by atoms with Crippen molar-refractivity contribution in [2.75, 3.05) is 0 Å². The summed E-state index contributed by atoms with van der Waals surface area (Å²) in [6.45, 7) is 7.17. The van der Waals surface area contributed by atoms with Gasteiger partial charge in [-0.1, -0.05) is 86.4 Å². The van der Waals surface area contributed by atoms with Crippen LogP contribution in [0.4, 0.5) is 0 Å². The van der Waals surface area contributed by atoms with E-state index in [0.717, 1.165) is 0 Å². The van der Waals surface area contributed by atoms with Gasteiger partial charge >= 0.3 is 0 Å². The molecule has 1 aromatic heterocycles. The highest BCUT2D eigenvalue weighted by atomic mass is 32.1. The molecule has 2 aromatic carbocycles. The van der Waals surface area contributed by atoms with Crippen LogP contribution in [0.15, 0.2) is 83.9 Å². The predicted octanol–water partition coefficient (Wildman–Crippen LogP) is 6.74. The third kappa shape index (κ3) is 3.85. The molecule has 0 bridgehead atoms. The van der Waals surface area contributed by atoms with Crippen molar-refractivity contribution in [1.82, 2.24) is 0 Å². The van der Waals surface area contributed by atoms with Crippen LogP contribution >= 0.6 is 11.3 Å². The van der Waals surface area contributed by atoms with Crippen LogP contribution in [-0.2, 0) is 0 Å². The lowest BCUT2D eigenvalue weighted by atomic mass is 9.99. The summed E-state index contributed by atoms with van der Waals surface area (Å²) in [6, 6.07) is 25.6. The normalized spacial score (nSPS) is 11.0. The quantitative estimate of drug-likeness (QED) is 0.362. The average molecular weight is 347 g/mol. The van der Waals surface area contributed by atoms with Gasteiger partial charge in [-0.15, -0.1) is 17.1 Å². The highest BCUT2D eigenvalue weighted by Gasteiger charge is 2.22. The largest absolute Gasteiger partial charge is 0.144 e. The van der Waals surface area contributed by atoms with Gasteiger partial charge in [0.25, 0.3) is 0 Å². The molecule has 120 valence electrons. The van der Waals surface area contributed by atoms with Gasteiger partial charge in [0.1, 0.15) is 0 Å². The van der Waals surface area contributed by atoms with E-state index in [1.807, 2.05) is 11.3 Å². The number of hydrogen-bond acceptors (Lipinski definition) is 1. The Kier molecular flexibility index (Phi) is 5.01. The zero-order valence-electron chi connectivity index (χ0n) is 14.4. The second kappa shape index (κ2) is 7.19. The maximum absolute atomic E-state index is 3.83. The lowest BCUT2D eigenvalue weighted by Gasteiger charge is -2.18. The Labute approximate surface area is 149 Å². The smallest absolute Gasteiger partial charge is 0.0894 e. The highest BCUT2D eigenvalue weighted by molar-refractivity contribution is 7.14. The monoisotopic (exact) mass is 346 g/mol. The van der Waals surface area contributed by atoms with Crippen molar-refractivity contribution in [1.29, 1.82) is 0 Å². The van der Waals surface area contributed by atoms with Crippen LogP contribution < -0.4 is 0 Å². The molecule has 0 amide bonds. The summed E-state index contributed by atoms with van der Waals surface area (Å²) in [5.41, 5.74) is 7.45. The van der Waals surface area contributed by atoms with E-state index in [-0.39, 0.29) is 0 Å². The fourth-order valence-corrected chi connectivity index (χ4v) is 5.73. The first kappa shape index (κ1) is 16.7. The second-order valence-electron chi connectivity index (χ2n) is 6.83. The van der Waals surface area contributed by atoms with E-state index in [1.165, 1.54) is 26.8 Å². The van der Waals surface area contributed by atoms with Gasteiger partial charge in [0.2, 0.25) is 0 Å². The molecule has 1 heterocycles. The summed E-state index contributed by atoms with van der Waals surface area (Å²) in [7, 11) is -1.52. The molecule has 3 rings (SSSR count). The van der Waals surface area contributed by atoms with E-state index in [4.69, 9.17) is 0 Å². The molecule has 0 fully saturated rings. The Bertz CT molecular complexity index is 806. The minimum absolute atomic E-state index is 1.18. The number of hydrogen-bond donors (Lipinski definition) is 0. The van der Waals surface area contributed by atoms with E-state index in [9.17, 15) is 0 Å². The maximum atomic E-state index is 3.83. The van der Waals surface area contributed by atoms with E-state index in [2.05, 4.69) is 104 Å². The molecule has 2 heteroatoms. The number of thiophene rings is 1. The van der Waals surface area contributed by atoms with Crippen molar-refractivity contribution in [3.05, 3.63) is 99.9 Å². The summed E-state index contributed by atoms with van der Waals surface area (Å²) < 4.78 is 0. The lowest BCUT2D eigenvalue weighted by molar-refractivity contribution is 1.55. The third-order valence-electron chi connectivity index (χ3n) is 3.89. The Morgan fingerprint density at radius 3 is 1.71 bits per heavy atom. The first-order valence-corrected chi connectivity index (χ1v) is 12.6. The van der Waals surface area contributed by atoms with Crippen LogP contribution in [0.5, 0.6) is 0 Å². The summed E-state index contributed by atoms with van der Waals surface area (Å²) in [4.78, 5) is 1.35. The number of rotatable bonds is 4. The van der Waals surface area contributed by atoms with Crippen molar-refractivity contribution in [3.63, 3.8) is 0 Å². The van der Waals surface area contributed by atoms with E-state index >= 15 is 0 Å². The van der Waals surface area contributed by atoms with Gasteiger partial charge in [-0.2, -0.15) is 0 Å². The third-order valence-corrected chi connectivity index (χ3v) is 6.86. The topological polar surface area (TPSA) is 0 Å². The van der Waals surface area contributed by atoms with Crippen LogP contribution in [-0.4, -0.2) is 8.07 Å². The van der Waals surface area contributed by atoms with Crippen molar-refractivity contribution in [2.45, 2.75) is 19.6 Å². The highest BCUT2D eigenvalue weighted by Crippen LogP contribution is 2.31. The molecule has 0 saturated carbocycles. The second-order valence-corrected chi connectivity index (χ2v) is 12.8. The molecule has 0 nitrogen and oxygen atoms in total. The molecule has 3 aromatic rings. The summed E-state index contributed by atoms with van der Waals surface area (Å²) >= 11 is 1.81. The first-order valence-electron chi connectivity index (χ1n) is 8.22. The molecule has 0 atom stereocenters. The van der Waals surface area contributed by atoms with Crippen molar-refractivity contribution in [2.24, 2.45) is 0 Å². The number of benzene rings is 2. The van der Waals surface area contributed by atoms with Gasteiger partial charge in [-0.3, -0.25) is 0 Å². The Morgan fingerprint density at radius 2 is 1.29 bits per heavy atom. The Hall–Kier alpha value is -2.12. The van der Waals surface area contributed by atoms with Crippen molar-refractivity contribution in [3.8, 4) is 0 Å². The van der Waals surface area contributed by atoms with Crippen LogP contribution in [0, 0.1) is 0 Å². The standard InChI is InChI=1S/C22H22SSi/c1-24(2,3)22(21-15-10-16-23-21)17-20(18-11-6-4-7-12-18)19-13-8-5-9-14-19/h4-16H,1-3H3. The zero-order chi connectivity index (χ0) is 17.0. The molecule has 0 radical (unpaired) electrons. The van der Waals surface area contributed by atoms with Gasteiger partial charge in [-0.05, 0) is 27.8 Å². The van der Waals surface area contributed by atoms with Gasteiger partial charge < -0.3 is 0 Å². The Morgan fingerprint density at radius 1 is 0.750 bits per heavy atom. The maximum Gasteiger partial charge on any atom is 0.0894 e. The molecule has 0 aliphatic rings. The van der Waals surface area contributed by atoms with E-state index in [0.29, 0.717) is 0 Å². The van der Waals surface area contributed by atoms with Gasteiger partial charge in [-0.25, -0.2) is 0 Å². The van der Waals surface area contributed by atoms with Gasteiger partial charge in [0.15, 0.2) is 0 Å². The summed E-state index contributed by atoms with van der Waals surface area (Å²) in [5.74, 6) is 0. The van der Waals surface area contributed by atoms with Crippen molar-refractivity contribution < 1.29 is 0 Å². The molecule has 24 heavy (non-hydrogen) atoms. The first-order chi connectivity index (χ1) is 11.6. The minimum Gasteiger partial charge on any atom is -0.144 e. The summed E-state index contributed by atoms with van der Waals surface area (Å²) in [6.07, 6.45) is 0. The molecule has 0 N–H and O–H groups in total. The van der Waals surface area contributed by atoms with Crippen LogP contribution in [0.3, 0.4) is 0 Å². The average Bonchev–Trinajstić information content (AvgIpc) is 3.10. The van der Waals surface area contributed by atoms with Gasteiger partial charge in [0.05, 0.1) is 8.07 Å². The fraction of sp³-hybridized carbons (Fsp3) is 0.136. The van der Waals surface area contributed by atoms with Crippen LogP contribution in [0.1, 0.15) is 16.0 Å². The molecule has 0 spiro atoms. The lowest BCUT2D eigenvalue weighted by Crippen LogP contribution is -2.21.